The van der Waals surface area contributed by atoms with Gasteiger partial charge in [-0.15, -0.1) is 0 Å². The van der Waals surface area contributed by atoms with Gasteiger partial charge in [-0.25, -0.2) is 9.97 Å². The minimum absolute atomic E-state index is 0.00569. The normalized spacial score (nSPS) is 21.9. The summed E-state index contributed by atoms with van der Waals surface area (Å²) in [5.74, 6) is 0.372. The molecule has 1 fully saturated rings. The second-order valence-electron chi connectivity index (χ2n) is 5.05. The van der Waals surface area contributed by atoms with Crippen LogP contribution in [0.3, 0.4) is 0 Å². The van der Waals surface area contributed by atoms with Crippen molar-refractivity contribution in [2.75, 3.05) is 12.4 Å². The lowest BCUT2D eigenvalue weighted by molar-refractivity contribution is -0.146. The number of nitriles is 1. The van der Waals surface area contributed by atoms with Crippen LogP contribution < -0.4 is 5.32 Å². The molecule has 0 unspecified atom stereocenters. The van der Waals surface area contributed by atoms with Crippen molar-refractivity contribution in [3.05, 3.63) is 17.5 Å². The molecule has 0 saturated heterocycles. The number of methoxy groups -OCH3 is 1. The zero-order valence-corrected chi connectivity index (χ0v) is 11.7. The Hall–Kier alpha value is -2.16. The molecule has 2 rings (SSSR count). The first kappa shape index (κ1) is 14.3. The van der Waals surface area contributed by atoms with Crippen molar-refractivity contribution < 1.29 is 9.53 Å². The van der Waals surface area contributed by atoms with Gasteiger partial charge in [0.1, 0.15) is 11.8 Å². The predicted octanol–water partition coefficient (Wildman–Crippen LogP) is 1.80. The number of carbonyl (C=O) groups is 1. The summed E-state index contributed by atoms with van der Waals surface area (Å²) < 4.78 is 4.77. The molecule has 0 atom stereocenters. The molecule has 1 aromatic rings. The highest BCUT2D eigenvalue weighted by Gasteiger charge is 2.27. The topological polar surface area (TPSA) is 87.9 Å². The van der Waals surface area contributed by atoms with E-state index in [2.05, 4.69) is 15.3 Å². The summed E-state index contributed by atoms with van der Waals surface area (Å²) in [6.45, 7) is 1.84. The fourth-order valence-corrected chi connectivity index (χ4v) is 2.51. The van der Waals surface area contributed by atoms with Crippen molar-refractivity contribution in [3.8, 4) is 6.07 Å². The quantitative estimate of drug-likeness (QED) is 0.845. The van der Waals surface area contributed by atoms with Crippen LogP contribution in [0.15, 0.2) is 6.07 Å². The van der Waals surface area contributed by atoms with E-state index in [9.17, 15) is 4.79 Å². The summed E-state index contributed by atoms with van der Waals surface area (Å²) in [4.78, 5) is 19.9. The van der Waals surface area contributed by atoms with E-state index in [-0.39, 0.29) is 17.9 Å². The smallest absolute Gasteiger partial charge is 0.308 e. The third-order valence-electron chi connectivity index (χ3n) is 3.56. The summed E-state index contributed by atoms with van der Waals surface area (Å²) >= 11 is 0. The van der Waals surface area contributed by atoms with Gasteiger partial charge in [0.2, 0.25) is 5.95 Å². The molecule has 0 aromatic carbocycles. The van der Waals surface area contributed by atoms with E-state index in [0.717, 1.165) is 31.4 Å². The molecule has 1 heterocycles. The summed E-state index contributed by atoms with van der Waals surface area (Å²) in [5.41, 5.74) is 1.13. The van der Waals surface area contributed by atoms with Gasteiger partial charge in [0, 0.05) is 11.7 Å². The molecule has 1 N–H and O–H groups in total. The van der Waals surface area contributed by atoms with Gasteiger partial charge in [0.25, 0.3) is 0 Å². The molecule has 6 nitrogen and oxygen atoms in total. The van der Waals surface area contributed by atoms with Gasteiger partial charge in [0.05, 0.1) is 13.0 Å². The molecule has 6 heteroatoms. The Balaban J connectivity index is 1.94. The van der Waals surface area contributed by atoms with Crippen LogP contribution >= 0.6 is 0 Å². The number of nitrogens with one attached hydrogen (secondary N) is 1. The van der Waals surface area contributed by atoms with Crippen molar-refractivity contribution >= 4 is 11.9 Å². The number of ether oxygens (including phenoxy) is 1. The largest absolute Gasteiger partial charge is 0.469 e. The number of esters is 1. The highest BCUT2D eigenvalue weighted by Crippen LogP contribution is 2.26. The van der Waals surface area contributed by atoms with Gasteiger partial charge in [-0.3, -0.25) is 4.79 Å². The standard InChI is InChI=1S/C14H18N4O2/c1-9-7-12(8-15)18-14(16-9)17-11-5-3-10(4-6-11)13(19)20-2/h7,10-11H,3-6H2,1-2H3,(H,16,17,18). The molecule has 1 saturated carbocycles. The van der Waals surface area contributed by atoms with E-state index in [4.69, 9.17) is 10.00 Å². The first-order valence-corrected chi connectivity index (χ1v) is 6.72. The average molecular weight is 274 g/mol. The number of aromatic nitrogens is 2. The highest BCUT2D eigenvalue weighted by atomic mass is 16.5. The third kappa shape index (κ3) is 3.44. The molecule has 0 spiro atoms. The van der Waals surface area contributed by atoms with E-state index in [1.165, 1.54) is 7.11 Å². The van der Waals surface area contributed by atoms with Crippen LogP contribution in [-0.2, 0) is 9.53 Å². The third-order valence-corrected chi connectivity index (χ3v) is 3.56. The SMILES string of the molecule is COC(=O)C1CCC(Nc2nc(C)cc(C#N)n2)CC1. The molecule has 1 aromatic heterocycles. The number of anilines is 1. The monoisotopic (exact) mass is 274 g/mol. The van der Waals surface area contributed by atoms with E-state index >= 15 is 0 Å². The summed E-state index contributed by atoms with van der Waals surface area (Å²) in [5, 5.41) is 12.1. The second-order valence-corrected chi connectivity index (χ2v) is 5.05. The van der Waals surface area contributed by atoms with Crippen LogP contribution in [0.2, 0.25) is 0 Å². The van der Waals surface area contributed by atoms with Gasteiger partial charge in [-0.2, -0.15) is 5.26 Å². The Morgan fingerprint density at radius 2 is 2.10 bits per heavy atom. The summed E-state index contributed by atoms with van der Waals surface area (Å²) in [6.07, 6.45) is 3.36. The molecule has 0 amide bonds. The minimum Gasteiger partial charge on any atom is -0.469 e. The number of nitrogens with zero attached hydrogens (tertiary/aromatic N) is 3. The number of aryl methyl sites for hydroxylation is 1. The van der Waals surface area contributed by atoms with Crippen LogP contribution in [0.4, 0.5) is 5.95 Å². The molecule has 0 radical (unpaired) electrons. The van der Waals surface area contributed by atoms with Crippen molar-refractivity contribution in [1.82, 2.24) is 9.97 Å². The molecule has 106 valence electrons. The molecular formula is C14H18N4O2. The fourth-order valence-electron chi connectivity index (χ4n) is 2.51. The van der Waals surface area contributed by atoms with Crippen molar-refractivity contribution in [1.29, 1.82) is 5.26 Å². The number of rotatable bonds is 3. The van der Waals surface area contributed by atoms with E-state index in [1.807, 2.05) is 13.0 Å². The van der Waals surface area contributed by atoms with Crippen LogP contribution in [0.25, 0.3) is 0 Å². The van der Waals surface area contributed by atoms with E-state index in [1.54, 1.807) is 6.07 Å². The second kappa shape index (κ2) is 6.33. The average Bonchev–Trinajstić information content (AvgIpc) is 2.46. The predicted molar refractivity (Wildman–Crippen MR) is 72.9 cm³/mol. The molecular weight excluding hydrogens is 256 g/mol. The van der Waals surface area contributed by atoms with Gasteiger partial charge in [-0.1, -0.05) is 0 Å². The molecule has 1 aliphatic rings. The van der Waals surface area contributed by atoms with E-state index in [0.29, 0.717) is 11.6 Å². The van der Waals surface area contributed by atoms with Crippen molar-refractivity contribution in [2.24, 2.45) is 5.92 Å². The van der Waals surface area contributed by atoms with Gasteiger partial charge < -0.3 is 10.1 Å². The molecule has 1 aliphatic carbocycles. The van der Waals surface area contributed by atoms with Crippen molar-refractivity contribution in [3.63, 3.8) is 0 Å². The first-order chi connectivity index (χ1) is 9.62. The molecule has 20 heavy (non-hydrogen) atoms. The lowest BCUT2D eigenvalue weighted by Gasteiger charge is -2.27. The van der Waals surface area contributed by atoms with Crippen LogP contribution in [-0.4, -0.2) is 29.1 Å². The first-order valence-electron chi connectivity index (χ1n) is 6.72. The number of carbonyl (C=O) groups excluding carboxylic acids is 1. The summed E-state index contributed by atoms with van der Waals surface area (Å²) in [7, 11) is 1.43. The maximum absolute atomic E-state index is 11.5. The Morgan fingerprint density at radius 3 is 2.70 bits per heavy atom. The molecule has 0 bridgehead atoms. The zero-order chi connectivity index (χ0) is 14.5. The maximum atomic E-state index is 11.5. The number of hydrogen-bond acceptors (Lipinski definition) is 6. The maximum Gasteiger partial charge on any atom is 0.308 e. The lowest BCUT2D eigenvalue weighted by atomic mass is 9.86. The number of hydrogen-bond donors (Lipinski definition) is 1. The van der Waals surface area contributed by atoms with Crippen LogP contribution in [0, 0.1) is 24.2 Å². The van der Waals surface area contributed by atoms with Crippen LogP contribution in [0.5, 0.6) is 0 Å². The van der Waals surface area contributed by atoms with E-state index < -0.39 is 0 Å². The Labute approximate surface area is 118 Å². The highest BCUT2D eigenvalue weighted by molar-refractivity contribution is 5.72. The Kier molecular flexibility index (Phi) is 4.51. The minimum atomic E-state index is -0.123. The van der Waals surface area contributed by atoms with Gasteiger partial charge in [-0.05, 0) is 38.7 Å². The van der Waals surface area contributed by atoms with Gasteiger partial charge >= 0.3 is 5.97 Å². The lowest BCUT2D eigenvalue weighted by Crippen LogP contribution is -2.30. The van der Waals surface area contributed by atoms with Crippen LogP contribution in [0.1, 0.15) is 37.1 Å². The van der Waals surface area contributed by atoms with Gasteiger partial charge in [0.15, 0.2) is 0 Å². The Bertz CT molecular complexity index is 530. The van der Waals surface area contributed by atoms with Crippen molar-refractivity contribution in [2.45, 2.75) is 38.6 Å². The summed E-state index contributed by atoms with van der Waals surface area (Å²) in [6, 6.07) is 3.91. The molecule has 0 aliphatic heterocycles. The Morgan fingerprint density at radius 1 is 1.40 bits per heavy atom. The fraction of sp³-hybridized carbons (Fsp3) is 0.571. The zero-order valence-electron chi connectivity index (χ0n) is 11.7.